The van der Waals surface area contributed by atoms with Crippen LogP contribution in [0.25, 0.3) is 10.9 Å². The zero-order valence-electron chi connectivity index (χ0n) is 18.8. The van der Waals surface area contributed by atoms with Crippen LogP contribution in [0, 0.1) is 6.92 Å². The predicted octanol–water partition coefficient (Wildman–Crippen LogP) is 2.18. The van der Waals surface area contributed by atoms with Crippen molar-refractivity contribution in [2.45, 2.75) is 32.9 Å². The molecule has 10 heteroatoms. The number of carbonyl (C=O) groups is 1. The molecule has 3 aromatic rings. The minimum absolute atomic E-state index is 0.203. The summed E-state index contributed by atoms with van der Waals surface area (Å²) in [5.74, 6) is -0.318. The molecule has 1 aliphatic heterocycles. The zero-order valence-corrected chi connectivity index (χ0v) is 18.8. The number of ether oxygens (including phenoxy) is 2. The number of hydrogen-bond acceptors (Lipinski definition) is 9. The highest BCUT2D eigenvalue weighted by Crippen LogP contribution is 2.31. The first kappa shape index (κ1) is 21.7. The Balaban J connectivity index is 1.74. The molecule has 0 aliphatic carbocycles. The highest BCUT2D eigenvalue weighted by molar-refractivity contribution is 6.14. The highest BCUT2D eigenvalue weighted by Gasteiger charge is 2.25. The van der Waals surface area contributed by atoms with Crippen molar-refractivity contribution in [3.8, 4) is 12.0 Å². The summed E-state index contributed by atoms with van der Waals surface area (Å²) < 4.78 is 10.3. The molecule has 1 fully saturated rings. The lowest BCUT2D eigenvalue weighted by Crippen LogP contribution is -2.54. The van der Waals surface area contributed by atoms with Crippen LogP contribution in [0.15, 0.2) is 24.5 Å². The average molecular weight is 438 g/mol. The summed E-state index contributed by atoms with van der Waals surface area (Å²) in [4.78, 5) is 32.6. The van der Waals surface area contributed by atoms with Crippen LogP contribution in [-0.2, 0) is 0 Å². The summed E-state index contributed by atoms with van der Waals surface area (Å²) in [6.45, 7) is 7.79. The van der Waals surface area contributed by atoms with Gasteiger partial charge in [-0.05, 0) is 32.9 Å². The van der Waals surface area contributed by atoms with Gasteiger partial charge >= 0.3 is 12.0 Å². The molecule has 10 nitrogen and oxygen atoms in total. The Morgan fingerprint density at radius 2 is 1.72 bits per heavy atom. The fourth-order valence-corrected chi connectivity index (χ4v) is 4.03. The third kappa shape index (κ3) is 4.26. The maximum absolute atomic E-state index is 13.2. The van der Waals surface area contributed by atoms with E-state index < -0.39 is 0 Å². The first-order valence-corrected chi connectivity index (χ1v) is 10.4. The number of carbonyl (C=O) groups excluding carboxylic acids is 1. The number of anilines is 2. The van der Waals surface area contributed by atoms with Gasteiger partial charge in [-0.3, -0.25) is 4.79 Å². The Bertz CT molecular complexity index is 1140. The lowest BCUT2D eigenvalue weighted by atomic mass is 10.0. The summed E-state index contributed by atoms with van der Waals surface area (Å²) in [6.07, 6.45) is 3.24. The third-order valence-electron chi connectivity index (χ3n) is 5.42. The minimum atomic E-state index is -0.318. The molecule has 2 aromatic heterocycles. The van der Waals surface area contributed by atoms with Gasteiger partial charge in [-0.2, -0.15) is 9.97 Å². The second-order valence-corrected chi connectivity index (χ2v) is 7.93. The maximum atomic E-state index is 13.2. The number of hydrogen-bond donors (Lipinski definition) is 2. The van der Waals surface area contributed by atoms with E-state index in [0.717, 1.165) is 24.2 Å². The van der Waals surface area contributed by atoms with Crippen molar-refractivity contribution in [3.63, 3.8) is 0 Å². The minimum Gasteiger partial charge on any atom is -0.467 e. The molecule has 32 heavy (non-hydrogen) atoms. The summed E-state index contributed by atoms with van der Waals surface area (Å²) in [5.41, 5.74) is 3.03. The first-order valence-electron chi connectivity index (χ1n) is 10.4. The van der Waals surface area contributed by atoms with Crippen molar-refractivity contribution >= 4 is 28.2 Å². The normalized spacial score (nSPS) is 18.5. The topological polar surface area (TPSA) is 114 Å². The number of piperazine rings is 1. The average Bonchev–Trinajstić information content (AvgIpc) is 2.78. The summed E-state index contributed by atoms with van der Waals surface area (Å²) in [5, 5.41) is 7.21. The lowest BCUT2D eigenvalue weighted by Gasteiger charge is -2.38. The quantitative estimate of drug-likeness (QED) is 0.620. The van der Waals surface area contributed by atoms with Crippen LogP contribution in [0.2, 0.25) is 0 Å². The monoisotopic (exact) mass is 437 g/mol. The Morgan fingerprint density at radius 1 is 1.06 bits per heavy atom. The molecular weight excluding hydrogens is 410 g/mol. The highest BCUT2D eigenvalue weighted by atomic mass is 16.5. The van der Waals surface area contributed by atoms with Crippen molar-refractivity contribution < 1.29 is 14.3 Å². The maximum Gasteiger partial charge on any atom is 0.316 e. The second kappa shape index (κ2) is 8.91. The molecule has 0 radical (unpaired) electrons. The van der Waals surface area contributed by atoms with E-state index in [1.54, 1.807) is 19.2 Å². The molecule has 0 saturated carbocycles. The van der Waals surface area contributed by atoms with Crippen molar-refractivity contribution in [2.24, 2.45) is 0 Å². The summed E-state index contributed by atoms with van der Waals surface area (Å²) >= 11 is 0. The number of aryl methyl sites for hydroxylation is 1. The SMILES string of the molecule is COc1ncc(NC(=O)c2ccc(N3CC(C)NC(C)C3)c3cnc(OC)nc23)c(C)n1. The van der Waals surface area contributed by atoms with E-state index in [4.69, 9.17) is 9.47 Å². The van der Waals surface area contributed by atoms with Gasteiger partial charge < -0.3 is 25.0 Å². The third-order valence-corrected chi connectivity index (χ3v) is 5.42. The van der Waals surface area contributed by atoms with E-state index in [0.29, 0.717) is 34.5 Å². The van der Waals surface area contributed by atoms with Gasteiger partial charge in [0.15, 0.2) is 0 Å². The fraction of sp³-hybridized carbons (Fsp3) is 0.409. The van der Waals surface area contributed by atoms with Crippen molar-refractivity contribution in [2.75, 3.05) is 37.5 Å². The van der Waals surface area contributed by atoms with Crippen LogP contribution < -0.4 is 25.0 Å². The van der Waals surface area contributed by atoms with Gasteiger partial charge in [0.2, 0.25) is 0 Å². The molecule has 3 heterocycles. The van der Waals surface area contributed by atoms with E-state index in [1.807, 2.05) is 6.07 Å². The number of nitrogens with one attached hydrogen (secondary N) is 2. The van der Waals surface area contributed by atoms with Crippen LogP contribution in [-0.4, -0.2) is 65.2 Å². The molecular formula is C22H27N7O3. The number of aromatic nitrogens is 4. The van der Waals surface area contributed by atoms with Gasteiger partial charge in [0.1, 0.15) is 0 Å². The van der Waals surface area contributed by atoms with E-state index in [2.05, 4.69) is 49.3 Å². The van der Waals surface area contributed by atoms with Gasteiger partial charge in [0.25, 0.3) is 5.91 Å². The standard InChI is InChI=1S/C22H27N7O3/c1-12-10-29(11-13(2)25-12)18-7-6-15(19-16(18)8-23-22(28-19)32-5)20(30)27-17-9-24-21(31-4)26-14(17)3/h6-9,12-13,25H,10-11H2,1-5H3,(H,27,30). The Morgan fingerprint density at radius 3 is 2.38 bits per heavy atom. The number of benzene rings is 1. The summed E-state index contributed by atoms with van der Waals surface area (Å²) in [6, 6.07) is 4.87. The van der Waals surface area contributed by atoms with E-state index in [-0.39, 0.29) is 17.9 Å². The Kier molecular flexibility index (Phi) is 6.04. The molecule has 2 unspecified atom stereocenters. The molecule has 168 valence electrons. The van der Waals surface area contributed by atoms with Gasteiger partial charge in [-0.15, -0.1) is 0 Å². The molecule has 1 saturated heterocycles. The molecule has 1 aliphatic rings. The fourth-order valence-electron chi connectivity index (χ4n) is 4.03. The molecule has 0 spiro atoms. The predicted molar refractivity (Wildman–Crippen MR) is 122 cm³/mol. The molecule has 1 aromatic carbocycles. The molecule has 1 amide bonds. The van der Waals surface area contributed by atoms with E-state index >= 15 is 0 Å². The lowest BCUT2D eigenvalue weighted by molar-refractivity contribution is 0.102. The van der Waals surface area contributed by atoms with Gasteiger partial charge in [0.05, 0.1) is 42.9 Å². The number of nitrogens with zero attached hydrogens (tertiary/aromatic N) is 5. The molecule has 2 atom stereocenters. The van der Waals surface area contributed by atoms with Crippen LogP contribution in [0.5, 0.6) is 12.0 Å². The molecule has 0 bridgehead atoms. The van der Waals surface area contributed by atoms with Crippen molar-refractivity contribution in [3.05, 3.63) is 35.8 Å². The smallest absolute Gasteiger partial charge is 0.316 e. The first-order chi connectivity index (χ1) is 15.4. The van der Waals surface area contributed by atoms with Crippen molar-refractivity contribution in [1.29, 1.82) is 0 Å². The zero-order chi connectivity index (χ0) is 22.8. The van der Waals surface area contributed by atoms with E-state index in [9.17, 15) is 4.79 Å². The second-order valence-electron chi connectivity index (χ2n) is 7.93. The van der Waals surface area contributed by atoms with Crippen molar-refractivity contribution in [1.82, 2.24) is 25.3 Å². The van der Waals surface area contributed by atoms with Crippen LogP contribution in [0.3, 0.4) is 0 Å². The van der Waals surface area contributed by atoms with Crippen LogP contribution in [0.1, 0.15) is 29.9 Å². The largest absolute Gasteiger partial charge is 0.467 e. The van der Waals surface area contributed by atoms with Gasteiger partial charge in [-0.1, -0.05) is 0 Å². The van der Waals surface area contributed by atoms with Crippen LogP contribution >= 0.6 is 0 Å². The number of methoxy groups -OCH3 is 2. The molecule has 2 N–H and O–H groups in total. The van der Waals surface area contributed by atoms with Crippen LogP contribution in [0.4, 0.5) is 11.4 Å². The van der Waals surface area contributed by atoms with Gasteiger partial charge in [0, 0.05) is 42.4 Å². The number of fused-ring (bicyclic) bond motifs is 1. The van der Waals surface area contributed by atoms with Gasteiger partial charge in [-0.25, -0.2) is 9.97 Å². The molecule has 4 rings (SSSR count). The van der Waals surface area contributed by atoms with E-state index in [1.165, 1.54) is 20.4 Å². The Labute approximate surface area is 186 Å². The Hall–Kier alpha value is -3.53. The number of amides is 1. The number of rotatable bonds is 5. The summed E-state index contributed by atoms with van der Waals surface area (Å²) in [7, 11) is 3.00.